The van der Waals surface area contributed by atoms with Gasteiger partial charge in [0.15, 0.2) is 0 Å². The summed E-state index contributed by atoms with van der Waals surface area (Å²) in [6.07, 6.45) is -0.733. The van der Waals surface area contributed by atoms with Gasteiger partial charge in [-0.15, -0.1) is 0 Å². The Bertz CT molecular complexity index is 385. The summed E-state index contributed by atoms with van der Waals surface area (Å²) in [4.78, 5) is 33.6. The Morgan fingerprint density at radius 2 is 1.40 bits per heavy atom. The van der Waals surface area contributed by atoms with Gasteiger partial charge in [-0.2, -0.15) is 0 Å². The molecular formula is C12H18O8. The van der Waals surface area contributed by atoms with Crippen LogP contribution in [0.4, 0.5) is 0 Å². The molecule has 0 atom stereocenters. The summed E-state index contributed by atoms with van der Waals surface area (Å²) in [6.45, 7) is 0.188. The molecule has 8 heteroatoms. The molecule has 0 bridgehead atoms. The lowest BCUT2D eigenvalue weighted by Crippen LogP contribution is -2.18. The number of hydrogen-bond donors (Lipinski definition) is 2. The number of carboxylic acid groups (broad SMARTS) is 2. The first kappa shape index (κ1) is 18.1. The fourth-order valence-corrected chi connectivity index (χ4v) is 1.34. The van der Waals surface area contributed by atoms with Crippen molar-refractivity contribution in [1.82, 2.24) is 0 Å². The number of carbonyl (C=O) groups excluding carboxylic acids is 1. The molecule has 0 aliphatic rings. The number of aliphatic carboxylic acids is 2. The van der Waals surface area contributed by atoms with Gasteiger partial charge in [-0.25, -0.2) is 9.59 Å². The van der Waals surface area contributed by atoms with Crippen molar-refractivity contribution in [3.63, 3.8) is 0 Å². The van der Waals surface area contributed by atoms with E-state index < -0.39 is 29.9 Å². The largest absolute Gasteiger partial charge is 0.478 e. The van der Waals surface area contributed by atoms with Crippen LogP contribution in [0.25, 0.3) is 0 Å². The summed E-state index contributed by atoms with van der Waals surface area (Å²) >= 11 is 0. The third-order valence-electron chi connectivity index (χ3n) is 2.31. The third kappa shape index (κ3) is 6.86. The number of ether oxygens (including phenoxy) is 3. The van der Waals surface area contributed by atoms with Crippen LogP contribution < -0.4 is 0 Å². The normalized spacial score (nSPS) is 11.7. The smallest absolute Gasteiger partial charge is 0.332 e. The highest BCUT2D eigenvalue weighted by atomic mass is 16.6. The molecule has 2 N–H and O–H groups in total. The fraction of sp³-hybridized carbons (Fsp3) is 0.583. The van der Waals surface area contributed by atoms with Crippen molar-refractivity contribution in [2.75, 3.05) is 34.0 Å². The zero-order valence-electron chi connectivity index (χ0n) is 11.4. The second-order valence-electron chi connectivity index (χ2n) is 3.70. The molecule has 114 valence electrons. The molecule has 0 aromatic rings. The van der Waals surface area contributed by atoms with Crippen molar-refractivity contribution in [2.24, 2.45) is 0 Å². The van der Waals surface area contributed by atoms with Crippen molar-refractivity contribution in [3.8, 4) is 0 Å². The molecule has 0 heterocycles. The fourth-order valence-electron chi connectivity index (χ4n) is 1.34. The van der Waals surface area contributed by atoms with Crippen molar-refractivity contribution >= 4 is 17.9 Å². The summed E-state index contributed by atoms with van der Waals surface area (Å²) < 4.78 is 14.1. The van der Waals surface area contributed by atoms with Crippen LogP contribution in [0.15, 0.2) is 11.1 Å². The van der Waals surface area contributed by atoms with E-state index in [0.29, 0.717) is 0 Å². The number of methoxy groups -OCH3 is 2. The first-order valence-electron chi connectivity index (χ1n) is 5.76. The zero-order chi connectivity index (χ0) is 15.5. The van der Waals surface area contributed by atoms with Crippen LogP contribution in [0.3, 0.4) is 0 Å². The highest BCUT2D eigenvalue weighted by molar-refractivity contribution is 6.01. The van der Waals surface area contributed by atoms with Crippen LogP contribution in [-0.2, 0) is 28.6 Å². The Morgan fingerprint density at radius 3 is 1.85 bits per heavy atom. The van der Waals surface area contributed by atoms with Gasteiger partial charge >= 0.3 is 17.9 Å². The molecular weight excluding hydrogens is 272 g/mol. The molecule has 0 radical (unpaired) electrons. The van der Waals surface area contributed by atoms with Gasteiger partial charge in [-0.05, 0) is 0 Å². The number of hydrogen-bond acceptors (Lipinski definition) is 6. The maximum atomic E-state index is 11.4. The molecule has 0 unspecified atom stereocenters. The van der Waals surface area contributed by atoms with Gasteiger partial charge in [-0.1, -0.05) is 0 Å². The van der Waals surface area contributed by atoms with E-state index in [1.807, 2.05) is 0 Å². The van der Waals surface area contributed by atoms with Gasteiger partial charge in [0, 0.05) is 20.6 Å². The average Bonchev–Trinajstić information content (AvgIpc) is 2.37. The number of carboxylic acids is 2. The maximum absolute atomic E-state index is 11.4. The van der Waals surface area contributed by atoms with E-state index in [2.05, 4.69) is 4.74 Å². The predicted octanol–water partition coefficient (Wildman–Crippen LogP) is 0.0684. The van der Waals surface area contributed by atoms with Crippen LogP contribution in [0.5, 0.6) is 0 Å². The van der Waals surface area contributed by atoms with Crippen molar-refractivity contribution in [1.29, 1.82) is 0 Å². The van der Waals surface area contributed by atoms with E-state index in [1.54, 1.807) is 0 Å². The quantitative estimate of drug-likeness (QED) is 0.329. The average molecular weight is 290 g/mol. The van der Waals surface area contributed by atoms with Gasteiger partial charge in [0.05, 0.1) is 30.8 Å². The monoisotopic (exact) mass is 290 g/mol. The Kier molecular flexibility index (Phi) is 8.97. The van der Waals surface area contributed by atoms with Crippen LogP contribution >= 0.6 is 0 Å². The highest BCUT2D eigenvalue weighted by Crippen LogP contribution is 2.15. The Balaban J connectivity index is 4.94. The SMILES string of the molecule is COCCOC(=O)C/C(C(=O)O)=C(/CCOC)C(=O)O. The minimum atomic E-state index is -1.47. The van der Waals surface area contributed by atoms with Gasteiger partial charge < -0.3 is 24.4 Å². The minimum Gasteiger partial charge on any atom is -0.478 e. The van der Waals surface area contributed by atoms with E-state index in [0.717, 1.165) is 0 Å². The van der Waals surface area contributed by atoms with Crippen molar-refractivity contribution < 1.29 is 38.8 Å². The van der Waals surface area contributed by atoms with Crippen LogP contribution in [0, 0.1) is 0 Å². The Morgan fingerprint density at radius 1 is 0.850 bits per heavy atom. The maximum Gasteiger partial charge on any atom is 0.332 e. The Labute approximate surface area is 115 Å². The lowest BCUT2D eigenvalue weighted by atomic mass is 10.0. The lowest BCUT2D eigenvalue weighted by molar-refractivity contribution is -0.146. The molecule has 0 spiro atoms. The Hall–Kier alpha value is -1.93. The standard InChI is InChI=1S/C12H18O8/c1-18-4-3-8(11(14)15)9(12(16)17)7-10(13)20-6-5-19-2/h3-7H2,1-2H3,(H,14,15)(H,16,17)/b9-8+. The summed E-state index contributed by atoms with van der Waals surface area (Å²) in [5, 5.41) is 18.0. The van der Waals surface area contributed by atoms with Crippen molar-refractivity contribution in [2.45, 2.75) is 12.8 Å². The molecule has 0 fully saturated rings. The van der Waals surface area contributed by atoms with E-state index in [-0.39, 0.29) is 31.8 Å². The molecule has 0 aliphatic carbocycles. The predicted molar refractivity (Wildman–Crippen MR) is 66.2 cm³/mol. The molecule has 0 amide bonds. The van der Waals surface area contributed by atoms with E-state index in [9.17, 15) is 14.4 Å². The molecule has 0 aliphatic heterocycles. The van der Waals surface area contributed by atoms with E-state index in [4.69, 9.17) is 19.7 Å². The van der Waals surface area contributed by atoms with Gasteiger partial charge in [0.1, 0.15) is 6.61 Å². The second kappa shape index (κ2) is 9.93. The summed E-state index contributed by atoms with van der Waals surface area (Å²) in [5.41, 5.74) is -0.875. The molecule has 0 aromatic carbocycles. The van der Waals surface area contributed by atoms with Crippen molar-refractivity contribution in [3.05, 3.63) is 11.1 Å². The molecule has 0 rings (SSSR count). The first-order valence-corrected chi connectivity index (χ1v) is 5.76. The van der Waals surface area contributed by atoms with E-state index >= 15 is 0 Å². The first-order chi connectivity index (χ1) is 9.43. The molecule has 8 nitrogen and oxygen atoms in total. The topological polar surface area (TPSA) is 119 Å². The third-order valence-corrected chi connectivity index (χ3v) is 2.31. The van der Waals surface area contributed by atoms with Gasteiger partial charge in [0.25, 0.3) is 0 Å². The molecule has 0 aromatic heterocycles. The summed E-state index contributed by atoms with van der Waals surface area (Å²) in [7, 11) is 2.78. The highest BCUT2D eigenvalue weighted by Gasteiger charge is 2.23. The summed E-state index contributed by atoms with van der Waals surface area (Å²) in [6, 6.07) is 0. The zero-order valence-corrected chi connectivity index (χ0v) is 11.4. The van der Waals surface area contributed by atoms with Crippen LogP contribution in [0.1, 0.15) is 12.8 Å². The second-order valence-corrected chi connectivity index (χ2v) is 3.70. The molecule has 0 saturated carbocycles. The molecule has 0 saturated heterocycles. The minimum absolute atomic E-state index is 0.0251. The van der Waals surface area contributed by atoms with Crippen LogP contribution in [-0.4, -0.2) is 62.2 Å². The van der Waals surface area contributed by atoms with Gasteiger partial charge in [0.2, 0.25) is 0 Å². The van der Waals surface area contributed by atoms with E-state index in [1.165, 1.54) is 14.2 Å². The number of carbonyl (C=O) groups is 3. The molecule has 20 heavy (non-hydrogen) atoms. The lowest BCUT2D eigenvalue weighted by Gasteiger charge is -2.09. The number of esters is 1. The van der Waals surface area contributed by atoms with Gasteiger partial charge in [-0.3, -0.25) is 4.79 Å². The van der Waals surface area contributed by atoms with Crippen LogP contribution in [0.2, 0.25) is 0 Å². The summed E-state index contributed by atoms with van der Waals surface area (Å²) in [5.74, 6) is -3.69. The number of rotatable bonds is 10.